The Morgan fingerprint density at radius 3 is 2.36 bits per heavy atom. The second kappa shape index (κ2) is 3.71. The number of carbonyl (C=O) groups excluding carboxylic acids is 1. The van der Waals surface area contributed by atoms with Crippen molar-refractivity contribution in [2.45, 2.75) is 0 Å². The van der Waals surface area contributed by atoms with Crippen molar-refractivity contribution in [1.82, 2.24) is 0 Å². The minimum absolute atomic E-state index is 0.571. The molecule has 1 aromatic rings. The van der Waals surface area contributed by atoms with Gasteiger partial charge in [0.1, 0.15) is 0 Å². The Labute approximate surface area is 81.9 Å². The Balaban J connectivity index is 3.31. The zero-order valence-electron chi connectivity index (χ0n) is 6.55. The zero-order valence-corrected chi connectivity index (χ0v) is 7.31. The normalized spacial score (nSPS) is 9.93. The smallest absolute Gasteiger partial charge is 0.377 e. The van der Waals surface area contributed by atoms with Gasteiger partial charge in [0.25, 0.3) is 5.78 Å². The average Bonchev–Trinajstić information content (AvgIpc) is 2.13. The van der Waals surface area contributed by atoms with Crippen molar-refractivity contribution >= 4 is 23.4 Å². The molecule has 0 spiro atoms. The number of hydrogen-bond donors (Lipinski definition) is 1. The lowest BCUT2D eigenvalue weighted by Gasteiger charge is -2.01. The molecule has 0 radical (unpaired) electrons. The number of carboxylic acid groups (broad SMARTS) is 1. The van der Waals surface area contributed by atoms with Gasteiger partial charge in [0.15, 0.2) is 11.6 Å². The molecule has 0 amide bonds. The van der Waals surface area contributed by atoms with Crippen LogP contribution in [-0.2, 0) is 4.79 Å². The molecular formula is C8H3ClF2O3. The zero-order chi connectivity index (χ0) is 10.9. The maximum Gasteiger partial charge on any atom is 0.377 e. The maximum absolute atomic E-state index is 12.8. The summed E-state index contributed by atoms with van der Waals surface area (Å²) in [7, 11) is 0. The first-order valence-electron chi connectivity index (χ1n) is 3.36. The number of ketones is 1. The summed E-state index contributed by atoms with van der Waals surface area (Å²) < 4.78 is 25.3. The van der Waals surface area contributed by atoms with Gasteiger partial charge in [-0.2, -0.15) is 0 Å². The van der Waals surface area contributed by atoms with Crippen LogP contribution in [0.1, 0.15) is 10.4 Å². The van der Waals surface area contributed by atoms with E-state index in [-0.39, 0.29) is 0 Å². The van der Waals surface area contributed by atoms with Gasteiger partial charge in [-0.25, -0.2) is 13.6 Å². The number of rotatable bonds is 2. The highest BCUT2D eigenvalue weighted by Gasteiger charge is 2.21. The highest BCUT2D eigenvalue weighted by molar-refractivity contribution is 6.45. The predicted octanol–water partition coefficient (Wildman–Crippen LogP) is 1.89. The number of carboxylic acids is 1. The van der Waals surface area contributed by atoms with E-state index in [1.807, 2.05) is 0 Å². The van der Waals surface area contributed by atoms with Crippen LogP contribution in [0.5, 0.6) is 0 Å². The molecule has 14 heavy (non-hydrogen) atoms. The van der Waals surface area contributed by atoms with Crippen molar-refractivity contribution < 1.29 is 23.5 Å². The van der Waals surface area contributed by atoms with E-state index in [9.17, 15) is 18.4 Å². The second-order valence-corrected chi connectivity index (χ2v) is 2.74. The molecule has 0 aliphatic rings. The van der Waals surface area contributed by atoms with Gasteiger partial charge in [-0.3, -0.25) is 4.79 Å². The Hall–Kier alpha value is -1.49. The molecule has 0 saturated heterocycles. The first-order chi connectivity index (χ1) is 6.45. The molecule has 1 N–H and O–H groups in total. The van der Waals surface area contributed by atoms with Crippen LogP contribution >= 0.6 is 11.6 Å². The van der Waals surface area contributed by atoms with Gasteiger partial charge in [-0.05, 0) is 12.1 Å². The van der Waals surface area contributed by atoms with Gasteiger partial charge in [-0.15, -0.1) is 0 Å². The molecular weight excluding hydrogens is 218 g/mol. The standard InChI is InChI=1S/C8H3ClF2O3/c9-5-3(7(12)8(13)14)1-2-4(10)6(5)11/h1-2H,(H,13,14). The van der Waals surface area contributed by atoms with E-state index in [4.69, 9.17) is 16.7 Å². The molecule has 0 aliphatic heterocycles. The summed E-state index contributed by atoms with van der Waals surface area (Å²) in [5, 5.41) is 7.47. The molecule has 0 heterocycles. The van der Waals surface area contributed by atoms with Gasteiger partial charge in [0.05, 0.1) is 10.6 Å². The van der Waals surface area contributed by atoms with E-state index >= 15 is 0 Å². The predicted molar refractivity (Wildman–Crippen MR) is 43.3 cm³/mol. The quantitative estimate of drug-likeness (QED) is 0.470. The van der Waals surface area contributed by atoms with Crippen LogP contribution in [0.4, 0.5) is 8.78 Å². The molecule has 0 atom stereocenters. The number of benzene rings is 1. The van der Waals surface area contributed by atoms with Gasteiger partial charge >= 0.3 is 5.97 Å². The van der Waals surface area contributed by atoms with E-state index in [2.05, 4.69) is 0 Å². The summed E-state index contributed by atoms with van der Waals surface area (Å²) in [5.41, 5.74) is -0.571. The topological polar surface area (TPSA) is 54.4 Å². The van der Waals surface area contributed by atoms with Gasteiger partial charge < -0.3 is 5.11 Å². The third kappa shape index (κ3) is 1.72. The van der Waals surface area contributed by atoms with E-state index in [0.717, 1.165) is 6.07 Å². The summed E-state index contributed by atoms with van der Waals surface area (Å²) in [6, 6.07) is 1.45. The van der Waals surface area contributed by atoms with E-state index in [1.165, 1.54) is 0 Å². The highest BCUT2D eigenvalue weighted by atomic mass is 35.5. The average molecular weight is 221 g/mol. The van der Waals surface area contributed by atoms with Crippen molar-refractivity contribution in [3.8, 4) is 0 Å². The van der Waals surface area contributed by atoms with Crippen LogP contribution in [-0.4, -0.2) is 16.9 Å². The first kappa shape index (κ1) is 10.6. The monoisotopic (exact) mass is 220 g/mol. The minimum atomic E-state index is -1.78. The molecule has 6 heteroatoms. The van der Waals surface area contributed by atoms with Crippen molar-refractivity contribution in [2.24, 2.45) is 0 Å². The van der Waals surface area contributed by atoms with Crippen LogP contribution < -0.4 is 0 Å². The summed E-state index contributed by atoms with van der Waals surface area (Å²) >= 11 is 5.24. The lowest BCUT2D eigenvalue weighted by molar-refractivity contribution is -0.131. The Kier molecular flexibility index (Phi) is 2.81. The van der Waals surface area contributed by atoms with Crippen LogP contribution in [0.15, 0.2) is 12.1 Å². The number of aliphatic carboxylic acids is 1. The highest BCUT2D eigenvalue weighted by Crippen LogP contribution is 2.22. The lowest BCUT2D eigenvalue weighted by atomic mass is 10.1. The molecule has 1 aromatic carbocycles. The molecule has 0 saturated carbocycles. The van der Waals surface area contributed by atoms with Crippen LogP contribution in [0.3, 0.4) is 0 Å². The van der Waals surface area contributed by atoms with E-state index in [1.54, 1.807) is 0 Å². The van der Waals surface area contributed by atoms with Gasteiger partial charge in [0.2, 0.25) is 0 Å². The molecule has 0 aliphatic carbocycles. The summed E-state index contributed by atoms with van der Waals surface area (Å²) in [5.74, 6) is -5.83. The molecule has 0 bridgehead atoms. The molecule has 74 valence electrons. The third-order valence-electron chi connectivity index (χ3n) is 1.47. The lowest BCUT2D eigenvalue weighted by Crippen LogP contribution is -2.14. The largest absolute Gasteiger partial charge is 0.475 e. The van der Waals surface area contributed by atoms with Crippen molar-refractivity contribution in [3.63, 3.8) is 0 Å². The Morgan fingerprint density at radius 1 is 1.29 bits per heavy atom. The van der Waals surface area contributed by atoms with Crippen molar-refractivity contribution in [1.29, 1.82) is 0 Å². The van der Waals surface area contributed by atoms with Crippen molar-refractivity contribution in [2.75, 3.05) is 0 Å². The number of halogens is 3. The molecule has 0 aromatic heterocycles. The molecule has 1 rings (SSSR count). The molecule has 0 unspecified atom stereocenters. The van der Waals surface area contributed by atoms with E-state index < -0.39 is 34.0 Å². The van der Waals surface area contributed by atoms with Gasteiger partial charge in [0, 0.05) is 0 Å². The number of carbonyl (C=O) groups is 2. The number of hydrogen-bond acceptors (Lipinski definition) is 2. The van der Waals surface area contributed by atoms with Crippen LogP contribution in [0.2, 0.25) is 5.02 Å². The van der Waals surface area contributed by atoms with E-state index in [0.29, 0.717) is 6.07 Å². The van der Waals surface area contributed by atoms with Crippen LogP contribution in [0, 0.1) is 11.6 Å². The van der Waals surface area contributed by atoms with Gasteiger partial charge in [-0.1, -0.05) is 11.6 Å². The first-order valence-corrected chi connectivity index (χ1v) is 3.74. The third-order valence-corrected chi connectivity index (χ3v) is 1.84. The minimum Gasteiger partial charge on any atom is -0.475 e. The second-order valence-electron chi connectivity index (χ2n) is 2.36. The summed E-state index contributed by atoms with van der Waals surface area (Å²) in [6.07, 6.45) is 0. The van der Waals surface area contributed by atoms with Crippen LogP contribution in [0.25, 0.3) is 0 Å². The summed E-state index contributed by atoms with van der Waals surface area (Å²) in [6.45, 7) is 0. The van der Waals surface area contributed by atoms with Crippen molar-refractivity contribution in [3.05, 3.63) is 34.4 Å². The SMILES string of the molecule is O=C(O)C(=O)c1ccc(F)c(F)c1Cl. The molecule has 3 nitrogen and oxygen atoms in total. The number of Topliss-reactive ketones (excluding diaryl/α,β-unsaturated/α-hetero) is 1. The Morgan fingerprint density at radius 2 is 1.86 bits per heavy atom. The summed E-state index contributed by atoms with van der Waals surface area (Å²) in [4.78, 5) is 21.1. The maximum atomic E-state index is 12.8. The fraction of sp³-hybridized carbons (Fsp3) is 0. The molecule has 0 fully saturated rings. The fourth-order valence-electron chi connectivity index (χ4n) is 0.816. The fourth-order valence-corrected chi connectivity index (χ4v) is 1.06. The Bertz CT molecular complexity index is 417.